The maximum atomic E-state index is 12.2. The SMILES string of the molecule is CSc1ccccc1NC(=O)CCN1CCC2(CC1)OCCO2. The van der Waals surface area contributed by atoms with Crippen LogP contribution in [0.1, 0.15) is 19.3 Å². The molecule has 1 N–H and O–H groups in total. The second-order valence-electron chi connectivity index (χ2n) is 5.95. The van der Waals surface area contributed by atoms with Crippen LogP contribution in [0.2, 0.25) is 0 Å². The molecule has 0 saturated carbocycles. The van der Waals surface area contributed by atoms with Crippen LogP contribution in [0.5, 0.6) is 0 Å². The minimum atomic E-state index is -0.337. The predicted molar refractivity (Wildman–Crippen MR) is 91.8 cm³/mol. The van der Waals surface area contributed by atoms with Crippen LogP contribution in [-0.4, -0.2) is 55.7 Å². The van der Waals surface area contributed by atoms with Gasteiger partial charge < -0.3 is 19.7 Å². The van der Waals surface area contributed by atoms with Crippen LogP contribution in [0, 0.1) is 0 Å². The Hall–Kier alpha value is -1.08. The van der Waals surface area contributed by atoms with Gasteiger partial charge in [-0.1, -0.05) is 12.1 Å². The number of hydrogen-bond donors (Lipinski definition) is 1. The van der Waals surface area contributed by atoms with E-state index >= 15 is 0 Å². The number of thioether (sulfide) groups is 1. The first kappa shape index (κ1) is 16.8. The molecule has 0 radical (unpaired) electrons. The second kappa shape index (κ2) is 7.66. The highest BCUT2D eigenvalue weighted by Crippen LogP contribution is 2.31. The molecule has 1 amide bonds. The molecule has 2 aliphatic heterocycles. The molecule has 1 spiro atoms. The van der Waals surface area contributed by atoms with E-state index < -0.39 is 0 Å². The lowest BCUT2D eigenvalue weighted by Crippen LogP contribution is -2.45. The zero-order valence-electron chi connectivity index (χ0n) is 13.5. The fourth-order valence-corrected chi connectivity index (χ4v) is 3.68. The monoisotopic (exact) mass is 336 g/mol. The molecule has 2 aliphatic rings. The van der Waals surface area contributed by atoms with E-state index in [1.807, 2.05) is 30.5 Å². The number of benzene rings is 1. The summed E-state index contributed by atoms with van der Waals surface area (Å²) in [7, 11) is 0. The van der Waals surface area contributed by atoms with Crippen molar-refractivity contribution in [2.75, 3.05) is 44.4 Å². The summed E-state index contributed by atoms with van der Waals surface area (Å²) in [4.78, 5) is 15.6. The molecule has 0 unspecified atom stereocenters. The van der Waals surface area contributed by atoms with Crippen LogP contribution in [0.25, 0.3) is 0 Å². The van der Waals surface area contributed by atoms with Crippen LogP contribution in [0.3, 0.4) is 0 Å². The van der Waals surface area contributed by atoms with Crippen LogP contribution in [-0.2, 0) is 14.3 Å². The summed E-state index contributed by atoms with van der Waals surface area (Å²) >= 11 is 1.64. The zero-order valence-corrected chi connectivity index (χ0v) is 14.4. The molecule has 23 heavy (non-hydrogen) atoms. The number of carbonyl (C=O) groups excluding carboxylic acids is 1. The summed E-state index contributed by atoms with van der Waals surface area (Å²) < 4.78 is 11.5. The molecule has 0 aliphatic carbocycles. The van der Waals surface area contributed by atoms with E-state index in [-0.39, 0.29) is 11.7 Å². The largest absolute Gasteiger partial charge is 0.347 e. The number of amides is 1. The van der Waals surface area contributed by atoms with Gasteiger partial charge in [-0.3, -0.25) is 4.79 Å². The number of ether oxygens (including phenoxy) is 2. The Balaban J connectivity index is 1.43. The highest BCUT2D eigenvalue weighted by molar-refractivity contribution is 7.98. The van der Waals surface area contributed by atoms with Crippen molar-refractivity contribution in [3.05, 3.63) is 24.3 Å². The maximum Gasteiger partial charge on any atom is 0.225 e. The third kappa shape index (κ3) is 4.26. The van der Waals surface area contributed by atoms with Gasteiger partial charge in [0.25, 0.3) is 0 Å². The van der Waals surface area contributed by atoms with Gasteiger partial charge in [-0.05, 0) is 18.4 Å². The van der Waals surface area contributed by atoms with Gasteiger partial charge in [0.05, 0.1) is 18.9 Å². The van der Waals surface area contributed by atoms with Gasteiger partial charge in [-0.2, -0.15) is 0 Å². The van der Waals surface area contributed by atoms with Gasteiger partial charge in [0, 0.05) is 43.8 Å². The van der Waals surface area contributed by atoms with Gasteiger partial charge in [0.1, 0.15) is 0 Å². The fourth-order valence-electron chi connectivity index (χ4n) is 3.12. The van der Waals surface area contributed by atoms with Crippen LogP contribution < -0.4 is 5.32 Å². The average Bonchev–Trinajstić information content (AvgIpc) is 3.03. The minimum absolute atomic E-state index is 0.0696. The third-order valence-electron chi connectivity index (χ3n) is 4.47. The minimum Gasteiger partial charge on any atom is -0.347 e. The molecule has 6 heteroatoms. The van der Waals surface area contributed by atoms with E-state index in [0.717, 1.165) is 43.1 Å². The summed E-state index contributed by atoms with van der Waals surface area (Å²) in [6, 6.07) is 7.90. The van der Waals surface area contributed by atoms with E-state index in [2.05, 4.69) is 10.2 Å². The Kier molecular flexibility index (Phi) is 5.58. The van der Waals surface area contributed by atoms with Gasteiger partial charge in [-0.15, -0.1) is 11.8 Å². The van der Waals surface area contributed by atoms with Crippen molar-refractivity contribution < 1.29 is 14.3 Å². The number of carbonyl (C=O) groups is 1. The zero-order chi connectivity index (χ0) is 16.1. The van der Waals surface area contributed by atoms with Crippen LogP contribution in [0.4, 0.5) is 5.69 Å². The molecule has 0 atom stereocenters. The van der Waals surface area contributed by atoms with Crippen molar-refractivity contribution in [1.82, 2.24) is 4.90 Å². The molecule has 126 valence electrons. The molecule has 3 rings (SSSR count). The standard InChI is InChI=1S/C17H24N2O3S/c1-23-15-5-3-2-4-14(15)18-16(20)6-9-19-10-7-17(8-11-19)21-12-13-22-17/h2-5H,6-13H2,1H3,(H,18,20). The number of nitrogens with one attached hydrogen (secondary N) is 1. The van der Waals surface area contributed by atoms with Crippen LogP contribution in [0.15, 0.2) is 29.2 Å². The van der Waals surface area contributed by atoms with Crippen molar-refractivity contribution in [3.8, 4) is 0 Å². The Morgan fingerprint density at radius 2 is 1.96 bits per heavy atom. The smallest absolute Gasteiger partial charge is 0.225 e. The Morgan fingerprint density at radius 1 is 1.26 bits per heavy atom. The number of likely N-dealkylation sites (tertiary alicyclic amines) is 1. The van der Waals surface area contributed by atoms with Gasteiger partial charge >= 0.3 is 0 Å². The summed E-state index contributed by atoms with van der Waals surface area (Å²) in [5.74, 6) is -0.268. The van der Waals surface area contributed by atoms with E-state index in [0.29, 0.717) is 19.6 Å². The number of anilines is 1. The first-order chi connectivity index (χ1) is 11.2. The van der Waals surface area contributed by atoms with Crippen molar-refractivity contribution in [3.63, 3.8) is 0 Å². The lowest BCUT2D eigenvalue weighted by molar-refractivity contribution is -0.185. The van der Waals surface area contributed by atoms with Gasteiger partial charge in [-0.25, -0.2) is 0 Å². The lowest BCUT2D eigenvalue weighted by atomic mass is 10.0. The predicted octanol–water partition coefficient (Wildman–Crippen LogP) is 2.58. The number of para-hydroxylation sites is 1. The molecular weight excluding hydrogens is 312 g/mol. The van der Waals surface area contributed by atoms with Crippen molar-refractivity contribution >= 4 is 23.4 Å². The normalized spacial score (nSPS) is 20.7. The molecule has 2 saturated heterocycles. The molecule has 2 heterocycles. The summed E-state index contributed by atoms with van der Waals surface area (Å²) in [5.41, 5.74) is 0.898. The van der Waals surface area contributed by atoms with Gasteiger partial charge in [0.15, 0.2) is 5.79 Å². The Labute approximate surface area is 141 Å². The average molecular weight is 336 g/mol. The summed E-state index contributed by atoms with van der Waals surface area (Å²) in [6.07, 6.45) is 4.31. The topological polar surface area (TPSA) is 50.8 Å². The number of hydrogen-bond acceptors (Lipinski definition) is 5. The fraction of sp³-hybridized carbons (Fsp3) is 0.588. The van der Waals surface area contributed by atoms with Gasteiger partial charge in [0.2, 0.25) is 5.91 Å². The van der Waals surface area contributed by atoms with Crippen molar-refractivity contribution in [2.24, 2.45) is 0 Å². The summed E-state index contributed by atoms with van der Waals surface area (Å²) in [6.45, 7) is 4.04. The van der Waals surface area contributed by atoms with E-state index in [1.165, 1.54) is 0 Å². The van der Waals surface area contributed by atoms with Crippen molar-refractivity contribution in [2.45, 2.75) is 29.9 Å². The first-order valence-corrected chi connectivity index (χ1v) is 9.36. The maximum absolute atomic E-state index is 12.2. The first-order valence-electron chi connectivity index (χ1n) is 8.14. The third-order valence-corrected chi connectivity index (χ3v) is 5.26. The second-order valence-corrected chi connectivity index (χ2v) is 6.80. The molecule has 1 aromatic rings. The highest BCUT2D eigenvalue weighted by Gasteiger charge is 2.39. The molecule has 0 aromatic heterocycles. The number of rotatable bonds is 5. The van der Waals surface area contributed by atoms with Crippen molar-refractivity contribution in [1.29, 1.82) is 0 Å². The van der Waals surface area contributed by atoms with E-state index in [9.17, 15) is 4.79 Å². The molecule has 5 nitrogen and oxygen atoms in total. The van der Waals surface area contributed by atoms with Crippen LogP contribution >= 0.6 is 11.8 Å². The Bertz CT molecular complexity index is 536. The lowest BCUT2D eigenvalue weighted by Gasteiger charge is -2.37. The molecule has 1 aromatic carbocycles. The molecule has 0 bridgehead atoms. The van der Waals surface area contributed by atoms with E-state index in [1.54, 1.807) is 11.8 Å². The molecular formula is C17H24N2O3S. The number of nitrogens with zero attached hydrogens (tertiary/aromatic N) is 1. The highest BCUT2D eigenvalue weighted by atomic mass is 32.2. The molecule has 2 fully saturated rings. The summed E-state index contributed by atoms with van der Waals surface area (Å²) in [5, 5.41) is 3.01. The number of piperidine rings is 1. The quantitative estimate of drug-likeness (QED) is 0.838. The van der Waals surface area contributed by atoms with E-state index in [4.69, 9.17) is 9.47 Å². The Morgan fingerprint density at radius 3 is 2.65 bits per heavy atom.